The molecule has 2 atom stereocenters. The van der Waals surface area contributed by atoms with Gasteiger partial charge in [0, 0.05) is 25.0 Å². The van der Waals surface area contributed by atoms with Gasteiger partial charge in [0.25, 0.3) is 0 Å². The SMILES string of the molecule is CCC1CN(C)CCCN1CC(C)CCl. The van der Waals surface area contributed by atoms with E-state index in [-0.39, 0.29) is 0 Å². The second kappa shape index (κ2) is 6.72. The number of rotatable bonds is 4. The molecular weight excluding hydrogens is 208 g/mol. The average molecular weight is 233 g/mol. The van der Waals surface area contributed by atoms with Gasteiger partial charge in [0.2, 0.25) is 0 Å². The van der Waals surface area contributed by atoms with Crippen molar-refractivity contribution < 1.29 is 0 Å². The Morgan fingerprint density at radius 1 is 1.40 bits per heavy atom. The van der Waals surface area contributed by atoms with Crippen LogP contribution in [0.25, 0.3) is 0 Å². The summed E-state index contributed by atoms with van der Waals surface area (Å²) in [5.41, 5.74) is 0. The minimum Gasteiger partial charge on any atom is -0.305 e. The quantitative estimate of drug-likeness (QED) is 0.687. The molecule has 15 heavy (non-hydrogen) atoms. The highest BCUT2D eigenvalue weighted by Crippen LogP contribution is 2.14. The Balaban J connectivity index is 2.51. The number of nitrogens with zero attached hydrogens (tertiary/aromatic N) is 2. The molecule has 2 nitrogen and oxygen atoms in total. The zero-order chi connectivity index (χ0) is 11.3. The summed E-state index contributed by atoms with van der Waals surface area (Å²) in [7, 11) is 2.23. The molecule has 1 aliphatic rings. The Kier molecular flexibility index (Phi) is 5.95. The van der Waals surface area contributed by atoms with Gasteiger partial charge in [-0.25, -0.2) is 0 Å². The fraction of sp³-hybridized carbons (Fsp3) is 1.00. The number of halogens is 1. The van der Waals surface area contributed by atoms with Gasteiger partial charge in [0.15, 0.2) is 0 Å². The highest BCUT2D eigenvalue weighted by atomic mass is 35.5. The lowest BCUT2D eigenvalue weighted by Gasteiger charge is -2.31. The van der Waals surface area contributed by atoms with Crippen LogP contribution in [-0.4, -0.2) is 54.9 Å². The first-order valence-corrected chi connectivity index (χ1v) is 6.69. The van der Waals surface area contributed by atoms with Crippen molar-refractivity contribution in [1.82, 2.24) is 9.80 Å². The maximum Gasteiger partial charge on any atom is 0.0261 e. The molecule has 0 aromatic heterocycles. The minimum absolute atomic E-state index is 0.615. The average Bonchev–Trinajstić information content (AvgIpc) is 2.40. The molecule has 0 saturated carbocycles. The van der Waals surface area contributed by atoms with Gasteiger partial charge in [-0.15, -0.1) is 11.6 Å². The highest BCUT2D eigenvalue weighted by Gasteiger charge is 2.22. The smallest absolute Gasteiger partial charge is 0.0261 e. The molecule has 2 unspecified atom stereocenters. The highest BCUT2D eigenvalue weighted by molar-refractivity contribution is 6.18. The summed E-state index contributed by atoms with van der Waals surface area (Å²) in [5, 5.41) is 0. The molecule has 0 aromatic rings. The summed E-state index contributed by atoms with van der Waals surface area (Å²) in [6.07, 6.45) is 2.54. The third-order valence-corrected chi connectivity index (χ3v) is 3.83. The second-order valence-electron chi connectivity index (χ2n) is 4.93. The number of hydrogen-bond donors (Lipinski definition) is 0. The van der Waals surface area contributed by atoms with Gasteiger partial charge in [0.1, 0.15) is 0 Å². The largest absolute Gasteiger partial charge is 0.305 e. The van der Waals surface area contributed by atoms with Crippen molar-refractivity contribution in [3.63, 3.8) is 0 Å². The molecule has 0 bridgehead atoms. The summed E-state index contributed by atoms with van der Waals surface area (Å²) in [6.45, 7) is 9.39. The summed E-state index contributed by atoms with van der Waals surface area (Å²) in [4.78, 5) is 5.09. The molecule has 0 amide bonds. The van der Waals surface area contributed by atoms with Crippen molar-refractivity contribution in [2.75, 3.05) is 39.1 Å². The van der Waals surface area contributed by atoms with Crippen LogP contribution in [0.5, 0.6) is 0 Å². The standard InChI is InChI=1S/C12H25ClN2/c1-4-12-10-14(3)6-5-7-15(12)9-11(2)8-13/h11-12H,4-10H2,1-3H3. The maximum atomic E-state index is 5.89. The molecule has 0 radical (unpaired) electrons. The van der Waals surface area contributed by atoms with Crippen LogP contribution in [0.2, 0.25) is 0 Å². The van der Waals surface area contributed by atoms with Crippen LogP contribution in [0.1, 0.15) is 26.7 Å². The van der Waals surface area contributed by atoms with Crippen molar-refractivity contribution in [2.45, 2.75) is 32.7 Å². The monoisotopic (exact) mass is 232 g/mol. The Morgan fingerprint density at radius 3 is 2.73 bits per heavy atom. The van der Waals surface area contributed by atoms with Crippen LogP contribution in [-0.2, 0) is 0 Å². The van der Waals surface area contributed by atoms with Gasteiger partial charge in [-0.1, -0.05) is 13.8 Å². The van der Waals surface area contributed by atoms with E-state index in [9.17, 15) is 0 Å². The van der Waals surface area contributed by atoms with E-state index in [0.717, 1.165) is 18.5 Å². The maximum absolute atomic E-state index is 5.89. The third-order valence-electron chi connectivity index (χ3n) is 3.30. The normalized spacial score (nSPS) is 27.6. The molecule has 90 valence electrons. The van der Waals surface area contributed by atoms with Crippen LogP contribution >= 0.6 is 11.6 Å². The zero-order valence-corrected chi connectivity index (χ0v) is 11.1. The fourth-order valence-electron chi connectivity index (χ4n) is 2.37. The summed E-state index contributed by atoms with van der Waals surface area (Å²) in [6, 6.07) is 0.725. The molecule has 1 aliphatic heterocycles. The summed E-state index contributed by atoms with van der Waals surface area (Å²) >= 11 is 5.89. The van der Waals surface area contributed by atoms with Gasteiger partial charge < -0.3 is 4.90 Å². The van der Waals surface area contributed by atoms with E-state index in [1.807, 2.05) is 0 Å². The molecule has 0 N–H and O–H groups in total. The molecule has 0 aromatic carbocycles. The van der Waals surface area contributed by atoms with Gasteiger partial charge in [0.05, 0.1) is 0 Å². The van der Waals surface area contributed by atoms with E-state index < -0.39 is 0 Å². The summed E-state index contributed by atoms with van der Waals surface area (Å²) in [5.74, 6) is 1.40. The lowest BCUT2D eigenvalue weighted by molar-refractivity contribution is 0.166. The first kappa shape index (κ1) is 13.3. The second-order valence-corrected chi connectivity index (χ2v) is 5.24. The van der Waals surface area contributed by atoms with Crippen molar-refractivity contribution in [3.8, 4) is 0 Å². The molecule has 1 rings (SSSR count). The van der Waals surface area contributed by atoms with Crippen LogP contribution in [0.15, 0.2) is 0 Å². The number of alkyl halides is 1. The minimum atomic E-state index is 0.615. The molecule has 1 saturated heterocycles. The lowest BCUT2D eigenvalue weighted by Crippen LogP contribution is -2.42. The summed E-state index contributed by atoms with van der Waals surface area (Å²) < 4.78 is 0. The Labute approximate surface area is 99.6 Å². The van der Waals surface area contributed by atoms with Gasteiger partial charge >= 0.3 is 0 Å². The van der Waals surface area contributed by atoms with Crippen LogP contribution in [0.4, 0.5) is 0 Å². The van der Waals surface area contributed by atoms with E-state index in [1.165, 1.54) is 32.5 Å². The van der Waals surface area contributed by atoms with E-state index >= 15 is 0 Å². The van der Waals surface area contributed by atoms with Gasteiger partial charge in [-0.2, -0.15) is 0 Å². The number of hydrogen-bond acceptors (Lipinski definition) is 2. The predicted octanol–water partition coefficient (Wildman–Crippen LogP) is 2.28. The van der Waals surface area contributed by atoms with E-state index in [0.29, 0.717) is 5.92 Å². The topological polar surface area (TPSA) is 6.48 Å². The molecule has 0 aliphatic carbocycles. The van der Waals surface area contributed by atoms with E-state index in [4.69, 9.17) is 11.6 Å². The predicted molar refractivity (Wildman–Crippen MR) is 67.7 cm³/mol. The van der Waals surface area contributed by atoms with Gasteiger partial charge in [-0.05, 0) is 38.9 Å². The molecule has 1 fully saturated rings. The van der Waals surface area contributed by atoms with Crippen molar-refractivity contribution in [2.24, 2.45) is 5.92 Å². The lowest BCUT2D eigenvalue weighted by atomic mass is 10.1. The van der Waals surface area contributed by atoms with E-state index in [2.05, 4.69) is 30.7 Å². The first-order valence-electron chi connectivity index (χ1n) is 6.16. The van der Waals surface area contributed by atoms with Gasteiger partial charge in [-0.3, -0.25) is 4.90 Å². The van der Waals surface area contributed by atoms with E-state index in [1.54, 1.807) is 0 Å². The third kappa shape index (κ3) is 4.29. The Hall–Kier alpha value is 0.210. The van der Waals surface area contributed by atoms with Crippen LogP contribution in [0, 0.1) is 5.92 Å². The van der Waals surface area contributed by atoms with Crippen molar-refractivity contribution in [1.29, 1.82) is 0 Å². The van der Waals surface area contributed by atoms with Crippen molar-refractivity contribution in [3.05, 3.63) is 0 Å². The molecule has 3 heteroatoms. The van der Waals surface area contributed by atoms with Crippen molar-refractivity contribution >= 4 is 11.6 Å². The zero-order valence-electron chi connectivity index (χ0n) is 10.4. The molecule has 0 spiro atoms. The Bertz CT molecular complexity index is 175. The van der Waals surface area contributed by atoms with Crippen LogP contribution in [0.3, 0.4) is 0 Å². The van der Waals surface area contributed by atoms with Crippen LogP contribution < -0.4 is 0 Å². The first-order chi connectivity index (χ1) is 7.17. The number of likely N-dealkylation sites (N-methyl/N-ethyl adjacent to an activating group) is 1. The molecular formula is C12H25ClN2. The fourth-order valence-corrected chi connectivity index (χ4v) is 2.47. The Morgan fingerprint density at radius 2 is 2.13 bits per heavy atom. The molecule has 1 heterocycles.